The van der Waals surface area contributed by atoms with Crippen LogP contribution in [0.2, 0.25) is 0 Å². The van der Waals surface area contributed by atoms with Crippen LogP contribution < -0.4 is 5.32 Å². The van der Waals surface area contributed by atoms with Crippen molar-refractivity contribution in [3.05, 3.63) is 35.6 Å². The number of nitrogens with zero attached hydrogens (tertiary/aromatic N) is 1. The zero-order chi connectivity index (χ0) is 16.8. The first kappa shape index (κ1) is 17.4. The van der Waals surface area contributed by atoms with Gasteiger partial charge >= 0.3 is 0 Å². The summed E-state index contributed by atoms with van der Waals surface area (Å²) in [6.45, 7) is 5.10. The third kappa shape index (κ3) is 4.78. The second-order valence-electron chi connectivity index (χ2n) is 6.30. The quantitative estimate of drug-likeness (QED) is 0.907. The van der Waals surface area contributed by atoms with Crippen LogP contribution in [0.15, 0.2) is 24.3 Å². The summed E-state index contributed by atoms with van der Waals surface area (Å²) in [6, 6.07) is 5.86. The molecular weight excluding hydrogens is 295 g/mol. The highest BCUT2D eigenvalue weighted by molar-refractivity contribution is 5.94. The maximum absolute atomic E-state index is 13.3. The van der Waals surface area contributed by atoms with Crippen molar-refractivity contribution in [3.63, 3.8) is 0 Å². The van der Waals surface area contributed by atoms with Crippen LogP contribution in [0.3, 0.4) is 0 Å². The fourth-order valence-electron chi connectivity index (χ4n) is 3.05. The number of carbonyl (C=O) groups excluding carboxylic acids is 2. The molecule has 0 radical (unpaired) electrons. The molecule has 0 saturated carbocycles. The summed E-state index contributed by atoms with van der Waals surface area (Å²) in [5.74, 6) is -0.789. The molecule has 0 spiro atoms. The Bertz CT molecular complexity index is 562. The number of benzene rings is 1. The van der Waals surface area contributed by atoms with Gasteiger partial charge in [-0.25, -0.2) is 4.39 Å². The van der Waals surface area contributed by atoms with E-state index in [2.05, 4.69) is 12.2 Å². The second kappa shape index (κ2) is 8.09. The summed E-state index contributed by atoms with van der Waals surface area (Å²) >= 11 is 0. The van der Waals surface area contributed by atoms with Gasteiger partial charge in [-0.2, -0.15) is 0 Å². The van der Waals surface area contributed by atoms with Gasteiger partial charge in [-0.05, 0) is 44.4 Å². The molecule has 23 heavy (non-hydrogen) atoms. The van der Waals surface area contributed by atoms with Crippen molar-refractivity contribution in [2.24, 2.45) is 5.92 Å². The fourth-order valence-corrected chi connectivity index (χ4v) is 3.05. The Morgan fingerprint density at radius 3 is 2.91 bits per heavy atom. The molecule has 2 rings (SSSR count). The number of hydrogen-bond acceptors (Lipinski definition) is 2. The van der Waals surface area contributed by atoms with Crippen molar-refractivity contribution < 1.29 is 14.0 Å². The molecule has 1 saturated heterocycles. The summed E-state index contributed by atoms with van der Waals surface area (Å²) in [4.78, 5) is 26.5. The molecular formula is C18H25FN2O2. The lowest BCUT2D eigenvalue weighted by molar-refractivity contribution is -0.127. The number of piperidine rings is 1. The molecule has 4 nitrogen and oxygen atoms in total. The Morgan fingerprint density at radius 1 is 1.43 bits per heavy atom. The number of carbonyl (C=O) groups is 2. The number of likely N-dealkylation sites (tertiary alicyclic amines) is 1. The Balaban J connectivity index is 1.97. The highest BCUT2D eigenvalue weighted by atomic mass is 19.1. The molecule has 0 unspecified atom stereocenters. The van der Waals surface area contributed by atoms with Gasteiger partial charge in [0.2, 0.25) is 5.91 Å². The lowest BCUT2D eigenvalue weighted by Crippen LogP contribution is -2.47. The molecule has 1 aliphatic heterocycles. The first-order chi connectivity index (χ1) is 11.0. The molecule has 1 heterocycles. The van der Waals surface area contributed by atoms with E-state index in [0.29, 0.717) is 18.7 Å². The zero-order valence-electron chi connectivity index (χ0n) is 13.8. The smallest absolute Gasteiger partial charge is 0.253 e. The standard InChI is InChI=1S/C18H25FN2O2/c1-3-6-13(2)20-17(22)15-8-5-10-21(12-15)18(23)14-7-4-9-16(19)11-14/h4,7,9,11,13,15H,3,5-6,8,10,12H2,1-2H3,(H,20,22)/t13-,15-/m0/s1. The third-order valence-electron chi connectivity index (χ3n) is 4.26. The second-order valence-corrected chi connectivity index (χ2v) is 6.30. The van der Waals surface area contributed by atoms with Gasteiger partial charge in [0.15, 0.2) is 0 Å². The topological polar surface area (TPSA) is 49.4 Å². The number of hydrogen-bond donors (Lipinski definition) is 1. The Morgan fingerprint density at radius 2 is 2.22 bits per heavy atom. The molecule has 0 aromatic heterocycles. The minimum Gasteiger partial charge on any atom is -0.353 e. The summed E-state index contributed by atoms with van der Waals surface area (Å²) in [5, 5.41) is 3.02. The molecule has 1 fully saturated rings. The zero-order valence-corrected chi connectivity index (χ0v) is 13.8. The van der Waals surface area contributed by atoms with Crippen LogP contribution in [0.5, 0.6) is 0 Å². The Hall–Kier alpha value is -1.91. The average molecular weight is 320 g/mol. The van der Waals surface area contributed by atoms with Crippen LogP contribution in [-0.2, 0) is 4.79 Å². The number of rotatable bonds is 5. The molecule has 0 bridgehead atoms. The van der Waals surface area contributed by atoms with Crippen LogP contribution in [-0.4, -0.2) is 35.8 Å². The van der Waals surface area contributed by atoms with Crippen molar-refractivity contribution in [1.82, 2.24) is 10.2 Å². The lowest BCUT2D eigenvalue weighted by atomic mass is 9.96. The fraction of sp³-hybridized carbons (Fsp3) is 0.556. The highest BCUT2D eigenvalue weighted by Gasteiger charge is 2.29. The van der Waals surface area contributed by atoms with E-state index in [-0.39, 0.29) is 23.8 Å². The summed E-state index contributed by atoms with van der Waals surface area (Å²) in [6.07, 6.45) is 3.56. The van der Waals surface area contributed by atoms with E-state index in [1.807, 2.05) is 6.92 Å². The normalized spacial score (nSPS) is 19.3. The van der Waals surface area contributed by atoms with E-state index in [9.17, 15) is 14.0 Å². The number of amides is 2. The first-order valence-corrected chi connectivity index (χ1v) is 8.36. The van der Waals surface area contributed by atoms with Gasteiger partial charge in [-0.3, -0.25) is 9.59 Å². The van der Waals surface area contributed by atoms with Gasteiger partial charge in [0.25, 0.3) is 5.91 Å². The van der Waals surface area contributed by atoms with Crippen LogP contribution in [0, 0.1) is 11.7 Å². The molecule has 2 amide bonds. The van der Waals surface area contributed by atoms with E-state index in [0.717, 1.165) is 25.7 Å². The Labute approximate surface area is 137 Å². The van der Waals surface area contributed by atoms with Crippen LogP contribution >= 0.6 is 0 Å². The SMILES string of the molecule is CCC[C@H](C)NC(=O)[C@H]1CCCN(C(=O)c2cccc(F)c2)C1. The van der Waals surface area contributed by atoms with Crippen LogP contribution in [0.1, 0.15) is 49.9 Å². The van der Waals surface area contributed by atoms with Gasteiger partial charge in [0.1, 0.15) is 5.82 Å². The molecule has 5 heteroatoms. The van der Waals surface area contributed by atoms with Crippen molar-refractivity contribution in [2.75, 3.05) is 13.1 Å². The molecule has 1 aliphatic rings. The summed E-state index contributed by atoms with van der Waals surface area (Å²) < 4.78 is 13.3. The first-order valence-electron chi connectivity index (χ1n) is 8.36. The third-order valence-corrected chi connectivity index (χ3v) is 4.26. The van der Waals surface area contributed by atoms with E-state index in [1.165, 1.54) is 18.2 Å². The van der Waals surface area contributed by atoms with Crippen molar-refractivity contribution in [2.45, 2.75) is 45.6 Å². The molecule has 1 N–H and O–H groups in total. The van der Waals surface area contributed by atoms with Crippen LogP contribution in [0.25, 0.3) is 0 Å². The lowest BCUT2D eigenvalue weighted by Gasteiger charge is -2.32. The Kier molecular flexibility index (Phi) is 6.13. The van der Waals surface area contributed by atoms with Crippen molar-refractivity contribution in [1.29, 1.82) is 0 Å². The minimum absolute atomic E-state index is 0.0164. The highest BCUT2D eigenvalue weighted by Crippen LogP contribution is 2.19. The van der Waals surface area contributed by atoms with E-state index in [4.69, 9.17) is 0 Å². The van der Waals surface area contributed by atoms with Gasteiger partial charge in [-0.1, -0.05) is 19.4 Å². The van der Waals surface area contributed by atoms with E-state index < -0.39 is 5.82 Å². The molecule has 1 aromatic carbocycles. The van der Waals surface area contributed by atoms with Crippen molar-refractivity contribution in [3.8, 4) is 0 Å². The molecule has 1 aromatic rings. The van der Waals surface area contributed by atoms with Crippen LogP contribution in [0.4, 0.5) is 4.39 Å². The molecule has 0 aliphatic carbocycles. The maximum Gasteiger partial charge on any atom is 0.253 e. The van der Waals surface area contributed by atoms with Gasteiger partial charge in [0, 0.05) is 24.7 Å². The largest absolute Gasteiger partial charge is 0.353 e. The van der Waals surface area contributed by atoms with Gasteiger partial charge in [-0.15, -0.1) is 0 Å². The van der Waals surface area contributed by atoms with Crippen molar-refractivity contribution >= 4 is 11.8 Å². The molecule has 2 atom stereocenters. The number of nitrogens with one attached hydrogen (secondary N) is 1. The minimum atomic E-state index is -0.421. The predicted octanol–water partition coefficient (Wildman–Crippen LogP) is 2.98. The molecule has 126 valence electrons. The van der Waals surface area contributed by atoms with Gasteiger partial charge in [0.05, 0.1) is 5.92 Å². The van der Waals surface area contributed by atoms with Gasteiger partial charge < -0.3 is 10.2 Å². The summed E-state index contributed by atoms with van der Waals surface area (Å²) in [5.41, 5.74) is 0.338. The van der Waals surface area contributed by atoms with E-state index in [1.54, 1.807) is 11.0 Å². The summed E-state index contributed by atoms with van der Waals surface area (Å²) in [7, 11) is 0. The number of halogens is 1. The average Bonchev–Trinajstić information content (AvgIpc) is 2.54. The predicted molar refractivity (Wildman–Crippen MR) is 87.5 cm³/mol. The maximum atomic E-state index is 13.3. The van der Waals surface area contributed by atoms with E-state index >= 15 is 0 Å². The monoisotopic (exact) mass is 320 g/mol.